The molecule has 26 heavy (non-hydrogen) atoms. The SMILES string of the molecule is Cc1noc(C)c1CN1CCc2c(C(=O)NC(C)CN(C)C)csc2C1. The highest BCUT2D eigenvalue weighted by molar-refractivity contribution is 7.10. The number of fused-ring (bicyclic) bond motifs is 1. The number of thiophene rings is 1. The number of aryl methyl sites for hydroxylation is 2. The van der Waals surface area contributed by atoms with Crippen LogP contribution in [0.5, 0.6) is 0 Å². The van der Waals surface area contributed by atoms with E-state index in [1.54, 1.807) is 11.3 Å². The first kappa shape index (κ1) is 19.1. The molecule has 0 fully saturated rings. The van der Waals surface area contributed by atoms with Crippen molar-refractivity contribution in [2.24, 2.45) is 0 Å². The van der Waals surface area contributed by atoms with E-state index in [1.165, 1.54) is 16.0 Å². The Morgan fingerprint density at radius 1 is 1.46 bits per heavy atom. The lowest BCUT2D eigenvalue weighted by Crippen LogP contribution is -2.40. The Balaban J connectivity index is 1.66. The van der Waals surface area contributed by atoms with Gasteiger partial charge < -0.3 is 14.7 Å². The number of hydrogen-bond acceptors (Lipinski definition) is 6. The zero-order valence-corrected chi connectivity index (χ0v) is 17.1. The first-order valence-electron chi connectivity index (χ1n) is 9.04. The predicted octanol–water partition coefficient (Wildman–Crippen LogP) is 2.59. The van der Waals surface area contributed by atoms with Gasteiger partial charge in [-0.2, -0.15) is 0 Å². The maximum Gasteiger partial charge on any atom is 0.252 e. The zero-order chi connectivity index (χ0) is 18.8. The van der Waals surface area contributed by atoms with Gasteiger partial charge in [0.15, 0.2) is 0 Å². The third-order valence-corrected chi connectivity index (χ3v) is 5.86. The van der Waals surface area contributed by atoms with Crippen molar-refractivity contribution in [1.29, 1.82) is 0 Å². The van der Waals surface area contributed by atoms with E-state index < -0.39 is 0 Å². The number of hydrogen-bond donors (Lipinski definition) is 1. The van der Waals surface area contributed by atoms with Crippen molar-refractivity contribution in [2.45, 2.75) is 46.3 Å². The molecule has 142 valence electrons. The van der Waals surface area contributed by atoms with Crippen LogP contribution >= 0.6 is 11.3 Å². The molecule has 1 amide bonds. The van der Waals surface area contributed by atoms with Gasteiger partial charge in [0.25, 0.3) is 5.91 Å². The largest absolute Gasteiger partial charge is 0.361 e. The molecule has 6 nitrogen and oxygen atoms in total. The summed E-state index contributed by atoms with van der Waals surface area (Å²) < 4.78 is 5.28. The molecule has 2 aromatic heterocycles. The monoisotopic (exact) mass is 376 g/mol. The van der Waals surface area contributed by atoms with E-state index in [9.17, 15) is 4.79 Å². The predicted molar refractivity (Wildman–Crippen MR) is 104 cm³/mol. The summed E-state index contributed by atoms with van der Waals surface area (Å²) in [5, 5.41) is 9.18. The molecule has 0 aromatic carbocycles. The van der Waals surface area contributed by atoms with E-state index in [0.29, 0.717) is 0 Å². The molecule has 7 heteroatoms. The van der Waals surface area contributed by atoms with E-state index in [4.69, 9.17) is 4.52 Å². The van der Waals surface area contributed by atoms with Crippen LogP contribution in [0, 0.1) is 13.8 Å². The molecule has 1 aliphatic rings. The molecule has 2 aromatic rings. The third kappa shape index (κ3) is 4.16. The molecule has 0 saturated heterocycles. The lowest BCUT2D eigenvalue weighted by Gasteiger charge is -2.27. The van der Waals surface area contributed by atoms with Gasteiger partial charge in [-0.1, -0.05) is 5.16 Å². The lowest BCUT2D eigenvalue weighted by atomic mass is 10.0. The molecule has 1 aliphatic heterocycles. The number of rotatable bonds is 6. The molecule has 1 unspecified atom stereocenters. The highest BCUT2D eigenvalue weighted by Gasteiger charge is 2.25. The summed E-state index contributed by atoms with van der Waals surface area (Å²) >= 11 is 1.69. The Kier molecular flexibility index (Phi) is 5.79. The van der Waals surface area contributed by atoms with Crippen LogP contribution < -0.4 is 5.32 Å². The fourth-order valence-corrected chi connectivity index (χ4v) is 4.67. The Labute approximate surface area is 159 Å². The Hall–Kier alpha value is -1.70. The van der Waals surface area contributed by atoms with Crippen LogP contribution in [0.25, 0.3) is 0 Å². The van der Waals surface area contributed by atoms with E-state index in [1.807, 2.05) is 40.2 Å². The first-order chi connectivity index (χ1) is 12.3. The Morgan fingerprint density at radius 3 is 2.88 bits per heavy atom. The summed E-state index contributed by atoms with van der Waals surface area (Å²) in [6.45, 7) is 9.51. The van der Waals surface area contributed by atoms with Crippen LogP contribution in [0.1, 0.15) is 44.7 Å². The van der Waals surface area contributed by atoms with Crippen molar-refractivity contribution in [3.63, 3.8) is 0 Å². The number of amides is 1. The highest BCUT2D eigenvalue weighted by Crippen LogP contribution is 2.30. The quantitative estimate of drug-likeness (QED) is 0.840. The van der Waals surface area contributed by atoms with E-state index in [-0.39, 0.29) is 11.9 Å². The van der Waals surface area contributed by atoms with Gasteiger partial charge in [-0.05, 0) is 46.9 Å². The van der Waals surface area contributed by atoms with Gasteiger partial charge in [-0.3, -0.25) is 9.69 Å². The van der Waals surface area contributed by atoms with E-state index in [2.05, 4.69) is 20.3 Å². The van der Waals surface area contributed by atoms with E-state index in [0.717, 1.165) is 49.6 Å². The minimum atomic E-state index is 0.0519. The fourth-order valence-electron chi connectivity index (χ4n) is 3.55. The zero-order valence-electron chi connectivity index (χ0n) is 16.3. The Bertz CT molecular complexity index is 761. The van der Waals surface area contributed by atoms with Crippen LogP contribution in [0.3, 0.4) is 0 Å². The maximum atomic E-state index is 12.6. The van der Waals surface area contributed by atoms with Crippen LogP contribution in [0.15, 0.2) is 9.90 Å². The maximum absolute atomic E-state index is 12.6. The summed E-state index contributed by atoms with van der Waals surface area (Å²) in [6, 6.07) is 0.132. The van der Waals surface area contributed by atoms with Gasteiger partial charge in [0.1, 0.15) is 5.76 Å². The van der Waals surface area contributed by atoms with Gasteiger partial charge >= 0.3 is 0 Å². The number of nitrogens with zero attached hydrogens (tertiary/aromatic N) is 3. The summed E-state index contributed by atoms with van der Waals surface area (Å²) in [4.78, 5) is 18.4. The van der Waals surface area contributed by atoms with E-state index >= 15 is 0 Å². The van der Waals surface area contributed by atoms with Crippen LogP contribution in [0.4, 0.5) is 0 Å². The summed E-state index contributed by atoms with van der Waals surface area (Å²) in [6.07, 6.45) is 0.910. The summed E-state index contributed by atoms with van der Waals surface area (Å²) in [5.74, 6) is 0.949. The smallest absolute Gasteiger partial charge is 0.252 e. The number of nitrogens with one attached hydrogen (secondary N) is 1. The first-order valence-corrected chi connectivity index (χ1v) is 9.92. The molecule has 3 heterocycles. The van der Waals surface area contributed by atoms with Crippen molar-refractivity contribution in [3.8, 4) is 0 Å². The average molecular weight is 377 g/mol. The van der Waals surface area contributed by atoms with Crippen molar-refractivity contribution >= 4 is 17.2 Å². The Morgan fingerprint density at radius 2 is 2.23 bits per heavy atom. The molecular formula is C19H28N4O2S. The molecular weight excluding hydrogens is 348 g/mol. The third-order valence-electron chi connectivity index (χ3n) is 4.85. The molecule has 0 spiro atoms. The molecule has 1 N–H and O–H groups in total. The van der Waals surface area contributed by atoms with Gasteiger partial charge in [0.2, 0.25) is 0 Å². The summed E-state index contributed by atoms with van der Waals surface area (Å²) in [5.41, 5.74) is 4.22. The molecule has 0 aliphatic carbocycles. The molecule has 1 atom stereocenters. The number of carbonyl (C=O) groups is 1. The second-order valence-corrected chi connectivity index (χ2v) is 8.42. The van der Waals surface area contributed by atoms with Gasteiger partial charge in [-0.25, -0.2) is 0 Å². The summed E-state index contributed by atoms with van der Waals surface area (Å²) in [7, 11) is 4.03. The minimum Gasteiger partial charge on any atom is -0.361 e. The number of carbonyl (C=O) groups excluding carboxylic acids is 1. The number of likely N-dealkylation sites (N-methyl/N-ethyl adjacent to an activating group) is 1. The number of aromatic nitrogens is 1. The average Bonchev–Trinajstić information content (AvgIpc) is 3.12. The molecule has 3 rings (SSSR count). The normalized spacial score (nSPS) is 15.9. The minimum absolute atomic E-state index is 0.0519. The highest BCUT2D eigenvalue weighted by atomic mass is 32.1. The van der Waals surface area contributed by atoms with Crippen LogP contribution in [-0.4, -0.2) is 54.1 Å². The van der Waals surface area contributed by atoms with Crippen molar-refractivity contribution in [3.05, 3.63) is 38.4 Å². The van der Waals surface area contributed by atoms with Crippen molar-refractivity contribution in [1.82, 2.24) is 20.3 Å². The standard InChI is InChI=1S/C19H28N4O2S/c1-12(8-22(4)5)20-19(24)17-11-26-18-10-23(7-6-15(17)18)9-16-13(2)21-25-14(16)3/h11-12H,6-10H2,1-5H3,(H,20,24). The van der Waals surface area contributed by atoms with Crippen LogP contribution in [0.2, 0.25) is 0 Å². The fraction of sp³-hybridized carbons (Fsp3) is 0.579. The topological polar surface area (TPSA) is 61.6 Å². The van der Waals surface area contributed by atoms with Gasteiger partial charge in [0, 0.05) is 48.0 Å². The van der Waals surface area contributed by atoms with Gasteiger partial charge in [-0.15, -0.1) is 11.3 Å². The molecule has 0 radical (unpaired) electrons. The second-order valence-electron chi connectivity index (χ2n) is 7.45. The van der Waals surface area contributed by atoms with Gasteiger partial charge in [0.05, 0.1) is 11.3 Å². The van der Waals surface area contributed by atoms with Crippen molar-refractivity contribution < 1.29 is 9.32 Å². The lowest BCUT2D eigenvalue weighted by molar-refractivity contribution is 0.0933. The second kappa shape index (κ2) is 7.90. The van der Waals surface area contributed by atoms with Crippen molar-refractivity contribution in [2.75, 3.05) is 27.2 Å². The molecule has 0 saturated carbocycles. The van der Waals surface area contributed by atoms with Crippen LogP contribution in [-0.2, 0) is 19.5 Å². The molecule has 0 bridgehead atoms.